The molecule has 14 heavy (non-hydrogen) atoms. The van der Waals surface area contributed by atoms with E-state index in [4.69, 9.17) is 5.11 Å². The highest BCUT2D eigenvalue weighted by Gasteiger charge is 2.04. The summed E-state index contributed by atoms with van der Waals surface area (Å²) in [5.74, 6) is 0.755. The van der Waals surface area contributed by atoms with E-state index in [2.05, 4.69) is 45.0 Å². The van der Waals surface area contributed by atoms with Gasteiger partial charge in [0.15, 0.2) is 0 Å². The van der Waals surface area contributed by atoms with Crippen LogP contribution in [0.5, 0.6) is 0 Å². The molecule has 0 aliphatic heterocycles. The zero-order valence-electron chi connectivity index (χ0n) is 9.75. The highest BCUT2D eigenvalue weighted by atomic mass is 16.2. The van der Waals surface area contributed by atoms with Gasteiger partial charge in [-0.15, -0.1) is 0 Å². The molecular formula is C13H22O. The number of aliphatic hydroxyl groups is 1. The second-order valence-corrected chi connectivity index (χ2v) is 3.42. The Kier molecular flexibility index (Phi) is 7.13. The van der Waals surface area contributed by atoms with Crippen LogP contribution >= 0.6 is 0 Å². The van der Waals surface area contributed by atoms with E-state index in [0.29, 0.717) is 0 Å². The van der Waals surface area contributed by atoms with Crippen LogP contribution in [0.4, 0.5) is 0 Å². The standard InChI is InChI=1S/C12H18.CH4O/c1-4-11(5-2)12-8-6-10(3)7-9-12;1-2/h6-9,11H,4-5H2,1-3H3;2H,1H3. The summed E-state index contributed by atoms with van der Waals surface area (Å²) in [5.41, 5.74) is 2.84. The Balaban J connectivity index is 0.000000791. The molecule has 0 heterocycles. The van der Waals surface area contributed by atoms with Crippen LogP contribution in [0.15, 0.2) is 24.3 Å². The van der Waals surface area contributed by atoms with E-state index in [9.17, 15) is 0 Å². The predicted octanol–water partition coefficient (Wildman–Crippen LogP) is 3.51. The van der Waals surface area contributed by atoms with Crippen molar-refractivity contribution >= 4 is 0 Å². The lowest BCUT2D eigenvalue weighted by molar-refractivity contribution is 0.399. The normalized spacial score (nSPS) is 9.57. The maximum atomic E-state index is 7.00. The minimum atomic E-state index is 0.755. The van der Waals surface area contributed by atoms with Crippen LogP contribution in [0.2, 0.25) is 0 Å². The molecule has 0 saturated heterocycles. The monoisotopic (exact) mass is 194 g/mol. The van der Waals surface area contributed by atoms with Gasteiger partial charge in [0.2, 0.25) is 0 Å². The molecule has 1 aromatic carbocycles. The average molecular weight is 194 g/mol. The van der Waals surface area contributed by atoms with Crippen molar-refractivity contribution in [2.24, 2.45) is 0 Å². The van der Waals surface area contributed by atoms with Crippen molar-refractivity contribution in [2.75, 3.05) is 7.11 Å². The molecular weight excluding hydrogens is 172 g/mol. The topological polar surface area (TPSA) is 20.2 Å². The molecule has 0 aromatic heterocycles. The molecule has 0 spiro atoms. The quantitative estimate of drug-likeness (QED) is 0.780. The lowest BCUT2D eigenvalue weighted by Crippen LogP contribution is -1.94. The zero-order chi connectivity index (χ0) is 11.0. The van der Waals surface area contributed by atoms with Gasteiger partial charge in [0, 0.05) is 7.11 Å². The second-order valence-electron chi connectivity index (χ2n) is 3.42. The van der Waals surface area contributed by atoms with E-state index < -0.39 is 0 Å². The molecule has 1 nitrogen and oxygen atoms in total. The van der Waals surface area contributed by atoms with Gasteiger partial charge in [-0.2, -0.15) is 0 Å². The van der Waals surface area contributed by atoms with Crippen LogP contribution < -0.4 is 0 Å². The average Bonchev–Trinajstić information content (AvgIpc) is 2.25. The fourth-order valence-corrected chi connectivity index (χ4v) is 1.60. The van der Waals surface area contributed by atoms with Crippen molar-refractivity contribution in [3.63, 3.8) is 0 Å². The third-order valence-electron chi connectivity index (χ3n) is 2.53. The lowest BCUT2D eigenvalue weighted by atomic mass is 9.93. The first kappa shape index (κ1) is 13.2. The maximum Gasteiger partial charge on any atom is 0.0319 e. The van der Waals surface area contributed by atoms with Crippen LogP contribution in [0, 0.1) is 6.92 Å². The van der Waals surface area contributed by atoms with Gasteiger partial charge in [0.25, 0.3) is 0 Å². The summed E-state index contributed by atoms with van der Waals surface area (Å²) in [4.78, 5) is 0. The Morgan fingerprint density at radius 3 is 1.79 bits per heavy atom. The highest BCUT2D eigenvalue weighted by Crippen LogP contribution is 2.22. The molecule has 0 atom stereocenters. The summed E-state index contributed by atoms with van der Waals surface area (Å²) in [5, 5.41) is 7.00. The van der Waals surface area contributed by atoms with Crippen LogP contribution in [0.25, 0.3) is 0 Å². The van der Waals surface area contributed by atoms with E-state index in [-0.39, 0.29) is 0 Å². The molecule has 1 heteroatoms. The fourth-order valence-electron chi connectivity index (χ4n) is 1.60. The molecule has 1 N–H and O–H groups in total. The number of hydrogen-bond acceptors (Lipinski definition) is 1. The van der Waals surface area contributed by atoms with Crippen LogP contribution in [0.1, 0.15) is 43.7 Å². The van der Waals surface area contributed by atoms with Gasteiger partial charge < -0.3 is 5.11 Å². The maximum absolute atomic E-state index is 7.00. The zero-order valence-corrected chi connectivity index (χ0v) is 9.75. The van der Waals surface area contributed by atoms with Crippen molar-refractivity contribution in [1.82, 2.24) is 0 Å². The number of benzene rings is 1. The molecule has 0 bridgehead atoms. The van der Waals surface area contributed by atoms with E-state index in [1.54, 1.807) is 0 Å². The molecule has 0 unspecified atom stereocenters. The minimum Gasteiger partial charge on any atom is -0.400 e. The molecule has 0 aliphatic carbocycles. The molecule has 80 valence electrons. The SMILES string of the molecule is CCC(CC)c1ccc(C)cc1.CO. The van der Waals surface area contributed by atoms with Crippen LogP contribution in [0.3, 0.4) is 0 Å². The van der Waals surface area contributed by atoms with Gasteiger partial charge in [-0.05, 0) is 31.2 Å². The molecule has 0 fully saturated rings. The Hall–Kier alpha value is -0.820. The predicted molar refractivity (Wildman–Crippen MR) is 62.6 cm³/mol. The number of rotatable bonds is 3. The van der Waals surface area contributed by atoms with Gasteiger partial charge in [-0.1, -0.05) is 43.7 Å². The molecule has 1 aromatic rings. The minimum absolute atomic E-state index is 0.755. The van der Waals surface area contributed by atoms with Gasteiger partial charge in [-0.3, -0.25) is 0 Å². The van der Waals surface area contributed by atoms with E-state index in [1.807, 2.05) is 0 Å². The molecule has 0 saturated carbocycles. The first-order valence-electron chi connectivity index (χ1n) is 5.29. The number of aliphatic hydroxyl groups excluding tert-OH is 1. The van der Waals surface area contributed by atoms with Gasteiger partial charge in [0.1, 0.15) is 0 Å². The first-order chi connectivity index (χ1) is 6.77. The highest BCUT2D eigenvalue weighted by molar-refractivity contribution is 5.24. The molecule has 0 aliphatic rings. The second kappa shape index (κ2) is 7.57. The Morgan fingerprint density at radius 2 is 1.43 bits per heavy atom. The van der Waals surface area contributed by atoms with Crippen LogP contribution in [-0.4, -0.2) is 12.2 Å². The summed E-state index contributed by atoms with van der Waals surface area (Å²) < 4.78 is 0. The fraction of sp³-hybridized carbons (Fsp3) is 0.538. The largest absolute Gasteiger partial charge is 0.400 e. The smallest absolute Gasteiger partial charge is 0.0319 e. The van der Waals surface area contributed by atoms with Crippen molar-refractivity contribution in [3.8, 4) is 0 Å². The van der Waals surface area contributed by atoms with E-state index in [0.717, 1.165) is 13.0 Å². The van der Waals surface area contributed by atoms with Crippen molar-refractivity contribution < 1.29 is 5.11 Å². The Labute approximate surface area is 87.8 Å². The van der Waals surface area contributed by atoms with Gasteiger partial charge in [0.05, 0.1) is 0 Å². The summed E-state index contributed by atoms with van der Waals surface area (Å²) in [6.45, 7) is 6.65. The number of hydrogen-bond donors (Lipinski definition) is 1. The summed E-state index contributed by atoms with van der Waals surface area (Å²) in [7, 11) is 1.00. The lowest BCUT2D eigenvalue weighted by Gasteiger charge is -2.12. The summed E-state index contributed by atoms with van der Waals surface area (Å²) in [6, 6.07) is 8.92. The summed E-state index contributed by atoms with van der Waals surface area (Å²) >= 11 is 0. The summed E-state index contributed by atoms with van der Waals surface area (Å²) in [6.07, 6.45) is 2.50. The number of aryl methyl sites for hydroxylation is 1. The van der Waals surface area contributed by atoms with Crippen molar-refractivity contribution in [1.29, 1.82) is 0 Å². The third kappa shape index (κ3) is 3.93. The Bertz CT molecular complexity index is 221. The molecule has 0 radical (unpaired) electrons. The molecule has 1 rings (SSSR count). The third-order valence-corrected chi connectivity index (χ3v) is 2.53. The first-order valence-corrected chi connectivity index (χ1v) is 5.29. The van der Waals surface area contributed by atoms with E-state index >= 15 is 0 Å². The van der Waals surface area contributed by atoms with Crippen molar-refractivity contribution in [2.45, 2.75) is 39.5 Å². The van der Waals surface area contributed by atoms with Crippen LogP contribution in [-0.2, 0) is 0 Å². The Morgan fingerprint density at radius 1 is 1.00 bits per heavy atom. The van der Waals surface area contributed by atoms with Gasteiger partial charge in [-0.25, -0.2) is 0 Å². The molecule has 0 amide bonds. The van der Waals surface area contributed by atoms with Crippen molar-refractivity contribution in [3.05, 3.63) is 35.4 Å². The van der Waals surface area contributed by atoms with Gasteiger partial charge >= 0.3 is 0 Å². The van der Waals surface area contributed by atoms with E-state index in [1.165, 1.54) is 24.0 Å².